The lowest BCUT2D eigenvalue weighted by molar-refractivity contribution is -0.508. The van der Waals surface area contributed by atoms with Gasteiger partial charge in [0, 0.05) is 11.6 Å². The molecular weight excluding hydrogens is 172 g/mol. The van der Waals surface area contributed by atoms with Crippen LogP contribution >= 0.6 is 11.6 Å². The maximum Gasteiger partial charge on any atom is 0.348 e. The van der Waals surface area contributed by atoms with Gasteiger partial charge in [-0.15, -0.1) is 0 Å². The second kappa shape index (κ2) is 3.56. The van der Waals surface area contributed by atoms with Gasteiger partial charge >= 0.3 is 5.29 Å². The third-order valence-corrected chi connectivity index (χ3v) is 3.06. The molecule has 0 aliphatic carbocycles. The standard InChI is InChI=1S/C9H15ClN2/c10-9(11-5-1-2-6-11)12-7-3-4-8-12/h1H,2-8H2/q+2. The molecule has 2 aliphatic heterocycles. The molecule has 2 nitrogen and oxygen atoms in total. The Morgan fingerprint density at radius 1 is 1.33 bits per heavy atom. The van der Waals surface area contributed by atoms with Crippen LogP contribution in [-0.2, 0) is 0 Å². The number of halogens is 1. The van der Waals surface area contributed by atoms with Crippen molar-refractivity contribution in [2.24, 2.45) is 0 Å². The van der Waals surface area contributed by atoms with Gasteiger partial charge in [-0.2, -0.15) is 0 Å². The maximum atomic E-state index is 6.24. The summed E-state index contributed by atoms with van der Waals surface area (Å²) in [5.41, 5.74) is 0. The predicted molar refractivity (Wildman–Crippen MR) is 50.6 cm³/mol. The molecule has 3 heteroatoms. The number of hydrogen-bond acceptors (Lipinski definition) is 0. The predicted octanol–water partition coefficient (Wildman–Crippen LogP) is 1.30. The van der Waals surface area contributed by atoms with Crippen LogP contribution in [0.3, 0.4) is 0 Å². The van der Waals surface area contributed by atoms with Gasteiger partial charge in [-0.1, -0.05) is 0 Å². The van der Waals surface area contributed by atoms with E-state index in [0.717, 1.165) is 31.5 Å². The molecule has 0 saturated carbocycles. The van der Waals surface area contributed by atoms with Crippen molar-refractivity contribution in [3.63, 3.8) is 0 Å². The van der Waals surface area contributed by atoms with E-state index in [1.165, 1.54) is 19.3 Å². The minimum Gasteiger partial charge on any atom is -0.251 e. The lowest BCUT2D eigenvalue weighted by atomic mass is 10.4. The Morgan fingerprint density at radius 2 is 2.08 bits per heavy atom. The third-order valence-electron chi connectivity index (χ3n) is 2.58. The van der Waals surface area contributed by atoms with E-state index in [4.69, 9.17) is 11.6 Å². The van der Waals surface area contributed by atoms with Crippen LogP contribution in [0.1, 0.15) is 19.3 Å². The zero-order valence-corrected chi connectivity index (χ0v) is 8.06. The summed E-state index contributed by atoms with van der Waals surface area (Å²) in [6.45, 7) is 4.44. The first-order chi connectivity index (χ1) is 5.88. The van der Waals surface area contributed by atoms with E-state index in [-0.39, 0.29) is 0 Å². The van der Waals surface area contributed by atoms with Crippen LogP contribution in [0, 0.1) is 6.42 Å². The largest absolute Gasteiger partial charge is 0.348 e. The quantitative estimate of drug-likeness (QED) is 0.239. The molecule has 0 unspecified atom stereocenters. The van der Waals surface area contributed by atoms with Crippen LogP contribution in [0.15, 0.2) is 0 Å². The Hall–Kier alpha value is -0.370. The first kappa shape index (κ1) is 8.24. The maximum absolute atomic E-state index is 6.24. The third kappa shape index (κ3) is 1.53. The van der Waals surface area contributed by atoms with Gasteiger partial charge < -0.3 is 0 Å². The fraction of sp³-hybridized carbons (Fsp3) is 0.778. The van der Waals surface area contributed by atoms with Crippen molar-refractivity contribution in [2.75, 3.05) is 26.2 Å². The van der Waals surface area contributed by atoms with Crippen LogP contribution in [0.4, 0.5) is 0 Å². The van der Waals surface area contributed by atoms with Gasteiger partial charge in [0.2, 0.25) is 6.54 Å². The van der Waals surface area contributed by atoms with Crippen molar-refractivity contribution in [3.8, 4) is 0 Å². The van der Waals surface area contributed by atoms with Crippen molar-refractivity contribution < 1.29 is 4.58 Å². The Labute approximate surface area is 78.8 Å². The second-order valence-corrected chi connectivity index (χ2v) is 3.82. The van der Waals surface area contributed by atoms with Gasteiger partial charge in [-0.25, -0.2) is 4.90 Å². The molecule has 2 heterocycles. The van der Waals surface area contributed by atoms with Crippen molar-refractivity contribution in [1.29, 1.82) is 0 Å². The summed E-state index contributed by atoms with van der Waals surface area (Å²) in [7, 11) is 0. The number of hydrogen-bond donors (Lipinski definition) is 0. The first-order valence-electron chi connectivity index (χ1n) is 4.72. The van der Waals surface area contributed by atoms with Gasteiger partial charge in [0.25, 0.3) is 0 Å². The molecule has 2 aliphatic rings. The van der Waals surface area contributed by atoms with Crippen molar-refractivity contribution in [3.05, 3.63) is 6.42 Å². The van der Waals surface area contributed by atoms with Crippen LogP contribution in [-0.4, -0.2) is 40.9 Å². The topological polar surface area (TPSA) is 6.25 Å². The molecule has 0 radical (unpaired) electrons. The lowest BCUT2D eigenvalue weighted by Gasteiger charge is -2.06. The normalized spacial score (nSPS) is 23.1. The highest BCUT2D eigenvalue weighted by atomic mass is 35.5. The monoisotopic (exact) mass is 186 g/mol. The second-order valence-electron chi connectivity index (χ2n) is 3.49. The van der Waals surface area contributed by atoms with Crippen LogP contribution < -0.4 is 0 Å². The lowest BCUT2D eigenvalue weighted by Crippen LogP contribution is -2.31. The summed E-state index contributed by atoms with van der Waals surface area (Å²) in [6.07, 6.45) is 6.07. The van der Waals surface area contributed by atoms with Crippen LogP contribution in [0.2, 0.25) is 0 Å². The molecule has 0 spiro atoms. The summed E-state index contributed by atoms with van der Waals surface area (Å²) in [4.78, 5) is 2.26. The zero-order chi connectivity index (χ0) is 8.39. The summed E-state index contributed by atoms with van der Waals surface area (Å²) >= 11 is 6.24. The molecule has 12 heavy (non-hydrogen) atoms. The van der Waals surface area contributed by atoms with E-state index in [1.54, 1.807) is 0 Å². The highest BCUT2D eigenvalue weighted by molar-refractivity contribution is 6.63. The molecule has 0 atom stereocenters. The van der Waals surface area contributed by atoms with Gasteiger partial charge in [0.1, 0.15) is 19.4 Å². The summed E-state index contributed by atoms with van der Waals surface area (Å²) in [5.74, 6) is 0. The molecule has 2 rings (SSSR count). The minimum absolute atomic E-state index is 0.973. The van der Waals surface area contributed by atoms with Crippen LogP contribution in [0.5, 0.6) is 0 Å². The molecular formula is C9H15ClN2+2. The van der Waals surface area contributed by atoms with Crippen molar-refractivity contribution in [1.82, 2.24) is 4.90 Å². The van der Waals surface area contributed by atoms with Gasteiger partial charge in [0.15, 0.2) is 0 Å². The van der Waals surface area contributed by atoms with E-state index in [9.17, 15) is 0 Å². The Morgan fingerprint density at radius 3 is 2.67 bits per heavy atom. The van der Waals surface area contributed by atoms with Gasteiger partial charge in [-0.05, 0) is 12.8 Å². The molecule has 2 fully saturated rings. The molecule has 0 bridgehead atoms. The van der Waals surface area contributed by atoms with E-state index in [1.807, 2.05) is 0 Å². The summed E-state index contributed by atoms with van der Waals surface area (Å²) in [6, 6.07) is 0. The van der Waals surface area contributed by atoms with Crippen molar-refractivity contribution in [2.45, 2.75) is 19.3 Å². The molecule has 66 valence electrons. The Kier molecular flexibility index (Phi) is 2.45. The van der Waals surface area contributed by atoms with Gasteiger partial charge in [0.05, 0.1) is 13.1 Å². The molecule has 0 aromatic rings. The van der Waals surface area contributed by atoms with Crippen LogP contribution in [0.25, 0.3) is 0 Å². The fourth-order valence-corrected chi connectivity index (χ4v) is 2.18. The highest BCUT2D eigenvalue weighted by Gasteiger charge is 2.30. The molecule has 0 N–H and O–H groups in total. The Bertz CT molecular complexity index is 187. The fourth-order valence-electron chi connectivity index (χ4n) is 1.85. The molecule has 2 saturated heterocycles. The molecule has 0 aromatic heterocycles. The number of likely N-dealkylation sites (tertiary alicyclic amines) is 1. The first-order valence-corrected chi connectivity index (χ1v) is 5.10. The zero-order valence-electron chi connectivity index (χ0n) is 7.30. The SMILES string of the molecule is ClC(N1C[CH+]CC1)=[N+]1CCCC1. The number of nitrogens with zero attached hydrogens (tertiary/aromatic N) is 2. The summed E-state index contributed by atoms with van der Waals surface area (Å²) in [5, 5.41) is 0.973. The van der Waals surface area contributed by atoms with E-state index >= 15 is 0 Å². The summed E-state index contributed by atoms with van der Waals surface area (Å²) < 4.78 is 2.29. The van der Waals surface area contributed by atoms with E-state index < -0.39 is 0 Å². The van der Waals surface area contributed by atoms with Gasteiger partial charge in [-0.3, -0.25) is 4.58 Å². The molecule has 0 aromatic carbocycles. The highest BCUT2D eigenvalue weighted by Crippen LogP contribution is 2.12. The number of amidine groups is 1. The van der Waals surface area contributed by atoms with E-state index in [0.29, 0.717) is 0 Å². The average molecular weight is 187 g/mol. The molecule has 0 amide bonds. The number of rotatable bonds is 0. The minimum atomic E-state index is 0.973. The average Bonchev–Trinajstić information content (AvgIpc) is 2.77. The Balaban J connectivity index is 2.05. The van der Waals surface area contributed by atoms with Crippen molar-refractivity contribution >= 4 is 16.9 Å². The van der Waals surface area contributed by atoms with E-state index in [2.05, 4.69) is 15.9 Å². The smallest absolute Gasteiger partial charge is 0.251 e.